The number of amides is 1. The lowest BCUT2D eigenvalue weighted by molar-refractivity contribution is -0.137. The lowest BCUT2D eigenvalue weighted by Gasteiger charge is -2.26. The summed E-state index contributed by atoms with van der Waals surface area (Å²) in [6.45, 7) is 4.44. The fraction of sp³-hybridized carbons (Fsp3) is 0.273. The van der Waals surface area contributed by atoms with Gasteiger partial charge in [0.15, 0.2) is 12.4 Å². The topological polar surface area (TPSA) is 64.8 Å². The molecule has 0 spiro atoms. The highest BCUT2D eigenvalue weighted by molar-refractivity contribution is 5.78. The van der Waals surface area contributed by atoms with E-state index in [1.165, 1.54) is 0 Å². The van der Waals surface area contributed by atoms with E-state index in [0.717, 1.165) is 28.1 Å². The first kappa shape index (κ1) is 18.3. The van der Waals surface area contributed by atoms with Crippen LogP contribution in [0.4, 0.5) is 0 Å². The second-order valence-electron chi connectivity index (χ2n) is 6.66. The van der Waals surface area contributed by atoms with E-state index in [-0.39, 0.29) is 12.5 Å². The molecule has 1 fully saturated rings. The molecule has 1 aromatic heterocycles. The Balaban J connectivity index is 1.42. The van der Waals surface area contributed by atoms with Crippen LogP contribution in [0.25, 0.3) is 22.6 Å². The molecular weight excluding hydrogens is 356 g/mol. The van der Waals surface area contributed by atoms with Crippen molar-refractivity contribution in [2.24, 2.45) is 0 Å². The van der Waals surface area contributed by atoms with Gasteiger partial charge < -0.3 is 18.9 Å². The van der Waals surface area contributed by atoms with Gasteiger partial charge in [0.2, 0.25) is 0 Å². The normalized spacial score (nSPS) is 14.1. The molecular formula is C22H22N2O4. The molecule has 1 aliphatic rings. The van der Waals surface area contributed by atoms with Crippen LogP contribution in [0, 0.1) is 6.92 Å². The van der Waals surface area contributed by atoms with Crippen molar-refractivity contribution in [3.63, 3.8) is 0 Å². The molecule has 1 aliphatic heterocycles. The standard InChI is InChI=1S/C22H22N2O4/c1-16-21(23-28-22(16)18-5-3-2-4-6-18)17-7-9-19(10-8-17)27-15-20(25)24-11-13-26-14-12-24/h2-10H,11-15H2,1H3. The van der Waals surface area contributed by atoms with Gasteiger partial charge in [0.05, 0.1) is 13.2 Å². The zero-order valence-corrected chi connectivity index (χ0v) is 15.8. The fourth-order valence-electron chi connectivity index (χ4n) is 3.22. The van der Waals surface area contributed by atoms with Crippen LogP contribution >= 0.6 is 0 Å². The van der Waals surface area contributed by atoms with E-state index >= 15 is 0 Å². The second kappa shape index (κ2) is 8.27. The number of rotatable bonds is 5. The second-order valence-corrected chi connectivity index (χ2v) is 6.66. The molecule has 0 bridgehead atoms. The summed E-state index contributed by atoms with van der Waals surface area (Å²) >= 11 is 0. The Hall–Kier alpha value is -3.12. The predicted molar refractivity (Wildman–Crippen MR) is 105 cm³/mol. The van der Waals surface area contributed by atoms with Crippen molar-refractivity contribution in [3.05, 3.63) is 60.2 Å². The number of carbonyl (C=O) groups excluding carboxylic acids is 1. The molecule has 3 aromatic rings. The number of aromatic nitrogens is 1. The van der Waals surface area contributed by atoms with Gasteiger partial charge >= 0.3 is 0 Å². The van der Waals surface area contributed by atoms with Gasteiger partial charge in [-0.05, 0) is 31.2 Å². The fourth-order valence-corrected chi connectivity index (χ4v) is 3.22. The van der Waals surface area contributed by atoms with Gasteiger partial charge in [-0.3, -0.25) is 4.79 Å². The third-order valence-electron chi connectivity index (χ3n) is 4.81. The molecule has 6 heteroatoms. The maximum Gasteiger partial charge on any atom is 0.260 e. The van der Waals surface area contributed by atoms with Crippen LogP contribution in [0.2, 0.25) is 0 Å². The first-order valence-electron chi connectivity index (χ1n) is 9.33. The summed E-state index contributed by atoms with van der Waals surface area (Å²) in [5.41, 5.74) is 3.73. The van der Waals surface area contributed by atoms with Crippen LogP contribution in [0.15, 0.2) is 59.1 Å². The highest BCUT2D eigenvalue weighted by Gasteiger charge is 2.18. The van der Waals surface area contributed by atoms with Crippen LogP contribution in [0.5, 0.6) is 5.75 Å². The van der Waals surface area contributed by atoms with E-state index < -0.39 is 0 Å². The van der Waals surface area contributed by atoms with Crippen LogP contribution in [0.1, 0.15) is 5.56 Å². The van der Waals surface area contributed by atoms with E-state index in [4.69, 9.17) is 14.0 Å². The molecule has 2 aromatic carbocycles. The summed E-state index contributed by atoms with van der Waals surface area (Å²) in [5.74, 6) is 1.40. The zero-order valence-electron chi connectivity index (χ0n) is 15.8. The largest absolute Gasteiger partial charge is 0.484 e. The Morgan fingerprint density at radius 1 is 1.04 bits per heavy atom. The van der Waals surface area contributed by atoms with Gasteiger partial charge in [-0.15, -0.1) is 0 Å². The molecule has 6 nitrogen and oxygen atoms in total. The van der Waals surface area contributed by atoms with Crippen molar-refractivity contribution in [2.75, 3.05) is 32.9 Å². The van der Waals surface area contributed by atoms with Gasteiger partial charge in [0.1, 0.15) is 11.4 Å². The van der Waals surface area contributed by atoms with Crippen molar-refractivity contribution < 1.29 is 18.8 Å². The maximum atomic E-state index is 12.2. The minimum absolute atomic E-state index is 0.0211. The van der Waals surface area contributed by atoms with Crippen LogP contribution in [-0.4, -0.2) is 48.9 Å². The van der Waals surface area contributed by atoms with Crippen molar-refractivity contribution in [3.8, 4) is 28.3 Å². The van der Waals surface area contributed by atoms with E-state index in [2.05, 4.69) is 5.16 Å². The number of carbonyl (C=O) groups is 1. The zero-order chi connectivity index (χ0) is 19.3. The molecule has 28 heavy (non-hydrogen) atoms. The Labute approximate surface area is 163 Å². The number of nitrogens with zero attached hydrogens (tertiary/aromatic N) is 2. The van der Waals surface area contributed by atoms with Gasteiger partial charge in [-0.2, -0.15) is 0 Å². The summed E-state index contributed by atoms with van der Waals surface area (Å²) in [7, 11) is 0. The van der Waals surface area contributed by atoms with Gasteiger partial charge in [-0.1, -0.05) is 35.5 Å². The van der Waals surface area contributed by atoms with E-state index in [9.17, 15) is 4.79 Å². The minimum atomic E-state index is -0.0211. The van der Waals surface area contributed by atoms with Crippen molar-refractivity contribution >= 4 is 5.91 Å². The molecule has 0 unspecified atom stereocenters. The Kier molecular flexibility index (Phi) is 5.39. The first-order valence-corrected chi connectivity index (χ1v) is 9.33. The van der Waals surface area contributed by atoms with Crippen LogP contribution in [0.3, 0.4) is 0 Å². The Morgan fingerprint density at radius 2 is 1.75 bits per heavy atom. The predicted octanol–water partition coefficient (Wildman–Crippen LogP) is 3.55. The minimum Gasteiger partial charge on any atom is -0.484 e. The number of ether oxygens (including phenoxy) is 2. The first-order chi connectivity index (χ1) is 13.7. The van der Waals surface area contributed by atoms with Crippen LogP contribution < -0.4 is 4.74 Å². The third-order valence-corrected chi connectivity index (χ3v) is 4.81. The highest BCUT2D eigenvalue weighted by Crippen LogP contribution is 2.32. The Bertz CT molecular complexity index is 929. The molecule has 0 N–H and O–H groups in total. The average Bonchev–Trinajstić information content (AvgIpc) is 3.15. The monoisotopic (exact) mass is 378 g/mol. The van der Waals surface area contributed by atoms with Crippen LogP contribution in [-0.2, 0) is 9.53 Å². The van der Waals surface area contributed by atoms with E-state index in [0.29, 0.717) is 32.1 Å². The van der Waals surface area contributed by atoms with E-state index in [1.807, 2.05) is 61.5 Å². The van der Waals surface area contributed by atoms with Gasteiger partial charge in [0, 0.05) is 29.8 Å². The van der Waals surface area contributed by atoms with Crippen molar-refractivity contribution in [1.82, 2.24) is 10.1 Å². The quantitative estimate of drug-likeness (QED) is 0.679. The molecule has 0 radical (unpaired) electrons. The summed E-state index contributed by atoms with van der Waals surface area (Å²) in [5, 5.41) is 4.24. The highest BCUT2D eigenvalue weighted by atomic mass is 16.5. The molecule has 0 atom stereocenters. The van der Waals surface area contributed by atoms with E-state index in [1.54, 1.807) is 4.90 Å². The summed E-state index contributed by atoms with van der Waals surface area (Å²) in [6.07, 6.45) is 0. The summed E-state index contributed by atoms with van der Waals surface area (Å²) in [4.78, 5) is 13.9. The number of morpholine rings is 1. The molecule has 2 heterocycles. The van der Waals surface area contributed by atoms with Crippen molar-refractivity contribution in [2.45, 2.75) is 6.92 Å². The summed E-state index contributed by atoms with van der Waals surface area (Å²) < 4.78 is 16.5. The molecule has 0 saturated carbocycles. The van der Waals surface area contributed by atoms with Gasteiger partial charge in [-0.25, -0.2) is 0 Å². The average molecular weight is 378 g/mol. The molecule has 4 rings (SSSR count). The Morgan fingerprint density at radius 3 is 2.46 bits per heavy atom. The third kappa shape index (κ3) is 3.92. The molecule has 0 aliphatic carbocycles. The number of hydrogen-bond acceptors (Lipinski definition) is 5. The van der Waals surface area contributed by atoms with Crippen molar-refractivity contribution in [1.29, 1.82) is 0 Å². The summed E-state index contributed by atoms with van der Waals surface area (Å²) in [6, 6.07) is 17.5. The SMILES string of the molecule is Cc1c(-c2ccc(OCC(=O)N3CCOCC3)cc2)noc1-c1ccccc1. The molecule has 1 amide bonds. The smallest absolute Gasteiger partial charge is 0.260 e. The molecule has 1 saturated heterocycles. The number of hydrogen-bond donors (Lipinski definition) is 0. The lowest BCUT2D eigenvalue weighted by Crippen LogP contribution is -2.42. The lowest BCUT2D eigenvalue weighted by atomic mass is 10.0. The maximum absolute atomic E-state index is 12.2. The van der Waals surface area contributed by atoms with Gasteiger partial charge in [0.25, 0.3) is 5.91 Å². The number of benzene rings is 2. The molecule has 144 valence electrons.